The molecule has 1 saturated heterocycles. The van der Waals surface area contributed by atoms with Gasteiger partial charge in [-0.05, 0) is 33.4 Å². The number of fused-ring (bicyclic) bond motifs is 1. The van der Waals surface area contributed by atoms with Crippen molar-refractivity contribution in [3.05, 3.63) is 135 Å². The molecular formula is C36H32N8O6S5. The van der Waals surface area contributed by atoms with Crippen LogP contribution in [0.4, 0.5) is 5.13 Å². The maximum Gasteiger partial charge on any atom is 0.353 e. The molecule has 0 spiro atoms. The van der Waals surface area contributed by atoms with Gasteiger partial charge < -0.3 is 21.9 Å². The molecule has 0 saturated carbocycles. The number of oxime groups is 1. The quantitative estimate of drug-likeness (QED) is 0.0261. The summed E-state index contributed by atoms with van der Waals surface area (Å²) >= 11 is 6.42. The number of carboxylic acid groups (broad SMARTS) is 1. The third-order valence-electron chi connectivity index (χ3n) is 8.47. The van der Waals surface area contributed by atoms with Crippen molar-refractivity contribution in [2.75, 3.05) is 23.8 Å². The molecule has 55 heavy (non-hydrogen) atoms. The first-order valence-electron chi connectivity index (χ1n) is 16.6. The number of β-lactam (4-membered cyclic amide) rings is 1. The lowest BCUT2D eigenvalue weighted by atomic mass is 9.80. The van der Waals surface area contributed by atoms with Crippen LogP contribution in [0.15, 0.2) is 116 Å². The molecule has 4 heterocycles. The van der Waals surface area contributed by atoms with E-state index in [2.05, 4.69) is 25.0 Å². The van der Waals surface area contributed by atoms with Crippen LogP contribution < -0.4 is 16.8 Å². The number of carbonyl (C=O) groups is 3. The Hall–Kier alpha value is -4.76. The van der Waals surface area contributed by atoms with Crippen LogP contribution in [0.3, 0.4) is 0 Å². The third kappa shape index (κ3) is 7.99. The molecule has 282 valence electrons. The number of nitrogens with one attached hydrogen (secondary N) is 1. The molecule has 0 bridgehead atoms. The number of nitrogens with two attached hydrogens (primary N) is 2. The minimum Gasteiger partial charge on any atom is -0.477 e. The van der Waals surface area contributed by atoms with Gasteiger partial charge in [-0.2, -0.15) is 11.8 Å². The van der Waals surface area contributed by atoms with Crippen LogP contribution in [0.1, 0.15) is 28.1 Å². The van der Waals surface area contributed by atoms with Gasteiger partial charge in [0.15, 0.2) is 16.4 Å². The summed E-state index contributed by atoms with van der Waals surface area (Å²) in [4.78, 5) is 58.1. The number of amides is 2. The standard InChI is InChI=1S/C36H32N8O6S5/c37-16-17-51-18-25-34(55-43-41-25)54-26-20-52-32-28(31(46)44(32)29(26)33(47)48)40-30(45)27(24-19-53-35(38)39-24)42-50-49-36(21-10-4-1-5-11-21,22-12-6-2-7-13-22)23-14-8-3-9-15-23/h1-15,19,28,32H,16-18,20,37H2,(H2,38,39)(H,40,45)(H,47,48)/b42-27-/t28-,32-/m1/s1. The van der Waals surface area contributed by atoms with Gasteiger partial charge in [-0.25, -0.2) is 14.8 Å². The number of aromatic nitrogens is 3. The van der Waals surface area contributed by atoms with Crippen molar-refractivity contribution < 1.29 is 29.4 Å². The van der Waals surface area contributed by atoms with E-state index in [1.165, 1.54) is 33.8 Å². The van der Waals surface area contributed by atoms with Crippen LogP contribution in [0.5, 0.6) is 0 Å². The average Bonchev–Trinajstić information content (AvgIpc) is 3.85. The number of hydrogen-bond acceptors (Lipinski definition) is 16. The summed E-state index contributed by atoms with van der Waals surface area (Å²) in [7, 11) is 0. The molecule has 2 atom stereocenters. The van der Waals surface area contributed by atoms with Crippen LogP contribution >= 0.6 is 58.2 Å². The van der Waals surface area contributed by atoms with Crippen LogP contribution in [0.25, 0.3) is 0 Å². The number of thioether (sulfide) groups is 3. The van der Waals surface area contributed by atoms with Crippen molar-refractivity contribution >= 4 is 86.8 Å². The molecule has 5 aromatic rings. The molecule has 2 aliphatic rings. The van der Waals surface area contributed by atoms with Gasteiger partial charge >= 0.3 is 5.97 Å². The number of benzene rings is 3. The molecule has 0 aliphatic carbocycles. The predicted octanol–water partition coefficient (Wildman–Crippen LogP) is 4.90. The summed E-state index contributed by atoms with van der Waals surface area (Å²) in [5.74, 6) is -1.04. The Kier molecular flexibility index (Phi) is 12.2. The molecule has 7 rings (SSSR count). The molecule has 2 aliphatic heterocycles. The Morgan fingerprint density at radius 2 is 1.65 bits per heavy atom. The summed E-state index contributed by atoms with van der Waals surface area (Å²) in [6, 6.07) is 27.3. The second-order valence-corrected chi connectivity index (χ2v) is 17.1. The number of nitrogen functional groups attached to an aromatic ring is 1. The van der Waals surface area contributed by atoms with Crippen molar-refractivity contribution in [2.24, 2.45) is 10.9 Å². The second-order valence-electron chi connectivity index (χ2n) is 11.8. The van der Waals surface area contributed by atoms with E-state index < -0.39 is 34.8 Å². The summed E-state index contributed by atoms with van der Waals surface area (Å²) in [6.45, 7) is 0.523. The molecule has 3 aromatic carbocycles. The summed E-state index contributed by atoms with van der Waals surface area (Å²) < 4.78 is 4.79. The van der Waals surface area contributed by atoms with Crippen molar-refractivity contribution in [1.29, 1.82) is 0 Å². The van der Waals surface area contributed by atoms with Gasteiger partial charge in [0.05, 0.1) is 5.69 Å². The number of rotatable bonds is 16. The largest absolute Gasteiger partial charge is 0.477 e. The van der Waals surface area contributed by atoms with E-state index in [4.69, 9.17) is 21.3 Å². The van der Waals surface area contributed by atoms with Gasteiger partial charge in [0.25, 0.3) is 11.8 Å². The maximum absolute atomic E-state index is 14.0. The third-order valence-corrected chi connectivity index (χ3v) is 13.7. The lowest BCUT2D eigenvalue weighted by Gasteiger charge is -2.49. The molecule has 0 radical (unpaired) electrons. The topological polar surface area (TPSA) is 208 Å². The molecule has 19 heteroatoms. The van der Waals surface area contributed by atoms with Crippen molar-refractivity contribution in [2.45, 2.75) is 27.0 Å². The van der Waals surface area contributed by atoms with E-state index in [1.807, 2.05) is 91.0 Å². The molecule has 14 nitrogen and oxygen atoms in total. The second kappa shape index (κ2) is 17.4. The fourth-order valence-electron chi connectivity index (χ4n) is 5.98. The zero-order valence-electron chi connectivity index (χ0n) is 28.6. The van der Waals surface area contributed by atoms with E-state index >= 15 is 0 Å². The minimum absolute atomic E-state index is 0.0941. The Morgan fingerprint density at radius 3 is 2.22 bits per heavy atom. The van der Waals surface area contributed by atoms with E-state index in [0.717, 1.165) is 55.2 Å². The minimum atomic E-state index is -1.33. The zero-order valence-corrected chi connectivity index (χ0v) is 32.7. The van der Waals surface area contributed by atoms with Gasteiger partial charge in [-0.1, -0.05) is 107 Å². The molecule has 0 unspecified atom stereocenters. The molecule has 6 N–H and O–H groups in total. The van der Waals surface area contributed by atoms with Gasteiger partial charge in [0.1, 0.15) is 27.0 Å². The highest BCUT2D eigenvalue weighted by Gasteiger charge is 2.55. The highest BCUT2D eigenvalue weighted by atomic mass is 32.2. The Labute approximate surface area is 335 Å². The monoisotopic (exact) mass is 832 g/mol. The lowest BCUT2D eigenvalue weighted by Crippen LogP contribution is -2.71. The van der Waals surface area contributed by atoms with E-state index in [1.54, 1.807) is 11.8 Å². The van der Waals surface area contributed by atoms with Crippen molar-refractivity contribution in [1.82, 2.24) is 24.8 Å². The van der Waals surface area contributed by atoms with E-state index in [-0.39, 0.29) is 28.0 Å². The Bertz CT molecular complexity index is 2120. The Balaban J connectivity index is 1.14. The van der Waals surface area contributed by atoms with Gasteiger partial charge in [0, 0.05) is 34.1 Å². The highest BCUT2D eigenvalue weighted by Crippen LogP contribution is 2.46. The maximum atomic E-state index is 14.0. The number of nitrogens with zero attached hydrogens (tertiary/aromatic N) is 5. The summed E-state index contributed by atoms with van der Waals surface area (Å²) in [5, 5.41) is 22.4. The fourth-order valence-corrected chi connectivity index (χ4v) is 10.8. The van der Waals surface area contributed by atoms with Crippen LogP contribution in [0.2, 0.25) is 0 Å². The molecular weight excluding hydrogens is 801 g/mol. The molecule has 2 aromatic heterocycles. The fraction of sp³-hybridized carbons (Fsp3) is 0.194. The SMILES string of the molecule is NCCSCc1nnsc1SC1=C(C(=O)O)N2C(=O)[C@@H](NC(=O)/C(=N\OOC(c3ccccc3)(c3ccccc3)c3ccccc3)c3csc(N)n3)[C@H]2SC1. The van der Waals surface area contributed by atoms with Gasteiger partial charge in [0.2, 0.25) is 0 Å². The number of thiazole rings is 1. The lowest BCUT2D eigenvalue weighted by molar-refractivity contribution is -0.346. The number of aliphatic carboxylic acids is 1. The van der Waals surface area contributed by atoms with Crippen LogP contribution in [-0.4, -0.2) is 77.5 Å². The van der Waals surface area contributed by atoms with Gasteiger partial charge in [-0.3, -0.25) is 14.5 Å². The number of anilines is 1. The molecule has 1 fully saturated rings. The van der Waals surface area contributed by atoms with Gasteiger partial charge in [-0.15, -0.1) is 33.1 Å². The summed E-state index contributed by atoms with van der Waals surface area (Å²) in [6.07, 6.45) is 0. The first-order chi connectivity index (χ1) is 26.8. The Morgan fingerprint density at radius 1 is 1.02 bits per heavy atom. The number of hydrogen-bond donors (Lipinski definition) is 4. The highest BCUT2D eigenvalue weighted by molar-refractivity contribution is 8.07. The number of carbonyl (C=O) groups excluding carboxylic acids is 2. The van der Waals surface area contributed by atoms with Crippen molar-refractivity contribution in [3.8, 4) is 0 Å². The van der Waals surface area contributed by atoms with Crippen LogP contribution in [0, 0.1) is 0 Å². The van der Waals surface area contributed by atoms with Crippen molar-refractivity contribution in [3.63, 3.8) is 0 Å². The average molecular weight is 833 g/mol. The number of carboxylic acids is 1. The zero-order chi connectivity index (χ0) is 38.4. The van der Waals surface area contributed by atoms with E-state index in [9.17, 15) is 19.5 Å². The molecule has 2 amide bonds. The summed E-state index contributed by atoms with van der Waals surface area (Å²) in [5.41, 5.74) is 12.8. The van der Waals surface area contributed by atoms with Crippen LogP contribution in [-0.2, 0) is 35.6 Å². The predicted molar refractivity (Wildman–Crippen MR) is 215 cm³/mol. The first kappa shape index (κ1) is 38.5. The first-order valence-corrected chi connectivity index (χ1v) is 21.3. The van der Waals surface area contributed by atoms with E-state index in [0.29, 0.717) is 17.2 Å². The smallest absolute Gasteiger partial charge is 0.353 e. The normalized spacial score (nSPS) is 17.1.